The van der Waals surface area contributed by atoms with Crippen LogP contribution in [0, 0.1) is 0 Å². The predicted octanol–water partition coefficient (Wildman–Crippen LogP) is 2.39. The van der Waals surface area contributed by atoms with Gasteiger partial charge in [0.15, 0.2) is 0 Å². The summed E-state index contributed by atoms with van der Waals surface area (Å²) in [6.45, 7) is 1.65. The molecular weight excluding hydrogens is 340 g/mol. The van der Waals surface area contributed by atoms with E-state index in [1.807, 2.05) is 0 Å². The van der Waals surface area contributed by atoms with Gasteiger partial charge in [-0.2, -0.15) is 0 Å². The minimum Gasteiger partial charge on any atom is -0.460 e. The Morgan fingerprint density at radius 3 is 2.56 bits per heavy atom. The lowest BCUT2D eigenvalue weighted by atomic mass is 10.3. The summed E-state index contributed by atoms with van der Waals surface area (Å²) in [6.07, 6.45) is 5.19. The summed E-state index contributed by atoms with van der Waals surface area (Å²) in [5, 5.41) is 0. The number of rotatable bonds is 6. The van der Waals surface area contributed by atoms with Gasteiger partial charge in [-0.15, -0.1) is 0 Å². The Balaban J connectivity index is 1.57. The molecule has 1 fully saturated rings. The van der Waals surface area contributed by atoms with Gasteiger partial charge in [-0.1, -0.05) is 18.2 Å². The van der Waals surface area contributed by atoms with Gasteiger partial charge in [0.05, 0.1) is 11.4 Å². The molecule has 2 heterocycles. The molecule has 1 saturated heterocycles. The van der Waals surface area contributed by atoms with Crippen LogP contribution in [0.2, 0.25) is 0 Å². The summed E-state index contributed by atoms with van der Waals surface area (Å²) in [4.78, 5) is 14.0. The number of nitrogens with one attached hydrogen (secondary N) is 1. The van der Waals surface area contributed by atoms with Crippen molar-refractivity contribution in [3.05, 3.63) is 60.1 Å². The van der Waals surface area contributed by atoms with Crippen LogP contribution in [0.4, 0.5) is 0 Å². The Labute approximate surface area is 147 Å². The smallest absolute Gasteiger partial charge is 0.246 e. The first-order valence-electron chi connectivity index (χ1n) is 8.15. The lowest BCUT2D eigenvalue weighted by Crippen LogP contribution is -2.25. The zero-order valence-corrected chi connectivity index (χ0v) is 14.5. The standard InChI is InChI=1S/C18H20N2O4S/c21-18(20-12-4-5-13-20)11-10-15-8-9-16(24-15)14-19-25(22,23)17-6-2-1-3-7-17/h1-3,6-11,19H,4-5,12-14H2/b11-10+. The maximum absolute atomic E-state index is 12.2. The first-order valence-corrected chi connectivity index (χ1v) is 9.63. The SMILES string of the molecule is O=C(/C=C/c1ccc(CNS(=O)(=O)c2ccccc2)o1)N1CCCC1. The number of likely N-dealkylation sites (tertiary alicyclic amines) is 1. The summed E-state index contributed by atoms with van der Waals surface area (Å²) in [6, 6.07) is 11.6. The summed E-state index contributed by atoms with van der Waals surface area (Å²) in [5.74, 6) is 0.967. The van der Waals surface area contributed by atoms with E-state index in [0.717, 1.165) is 25.9 Å². The highest BCUT2D eigenvalue weighted by atomic mass is 32.2. The van der Waals surface area contributed by atoms with Gasteiger partial charge in [-0.3, -0.25) is 4.79 Å². The molecule has 2 aromatic rings. The molecule has 0 aliphatic carbocycles. The van der Waals surface area contributed by atoms with Gasteiger partial charge in [-0.25, -0.2) is 13.1 Å². The first-order chi connectivity index (χ1) is 12.0. The second-order valence-corrected chi connectivity index (χ2v) is 7.57. The zero-order valence-electron chi connectivity index (χ0n) is 13.7. The second-order valence-electron chi connectivity index (χ2n) is 5.81. The summed E-state index contributed by atoms with van der Waals surface area (Å²) in [5.41, 5.74) is 0. The highest BCUT2D eigenvalue weighted by Gasteiger charge is 2.16. The van der Waals surface area contributed by atoms with Gasteiger partial charge in [0.25, 0.3) is 0 Å². The van der Waals surface area contributed by atoms with E-state index in [0.29, 0.717) is 11.5 Å². The van der Waals surface area contributed by atoms with E-state index in [-0.39, 0.29) is 17.3 Å². The van der Waals surface area contributed by atoms with Gasteiger partial charge in [0, 0.05) is 19.2 Å². The Morgan fingerprint density at radius 2 is 1.84 bits per heavy atom. The third-order valence-electron chi connectivity index (χ3n) is 3.98. The zero-order chi connectivity index (χ0) is 17.7. The lowest BCUT2D eigenvalue weighted by Gasteiger charge is -2.11. The Morgan fingerprint density at radius 1 is 1.12 bits per heavy atom. The molecule has 1 aromatic heterocycles. The van der Waals surface area contributed by atoms with Crippen molar-refractivity contribution < 1.29 is 17.6 Å². The van der Waals surface area contributed by atoms with Crippen LogP contribution in [-0.2, 0) is 21.4 Å². The molecule has 1 amide bonds. The molecule has 0 atom stereocenters. The molecule has 3 rings (SSSR count). The van der Waals surface area contributed by atoms with Gasteiger partial charge in [0.1, 0.15) is 11.5 Å². The van der Waals surface area contributed by atoms with Crippen LogP contribution in [-0.4, -0.2) is 32.3 Å². The van der Waals surface area contributed by atoms with Gasteiger partial charge >= 0.3 is 0 Å². The summed E-state index contributed by atoms with van der Waals surface area (Å²) in [7, 11) is -3.57. The van der Waals surface area contributed by atoms with Crippen molar-refractivity contribution in [2.24, 2.45) is 0 Å². The average Bonchev–Trinajstić information content (AvgIpc) is 3.31. The van der Waals surface area contributed by atoms with E-state index in [1.165, 1.54) is 18.2 Å². The van der Waals surface area contributed by atoms with Crippen molar-refractivity contribution in [2.45, 2.75) is 24.3 Å². The van der Waals surface area contributed by atoms with E-state index in [2.05, 4.69) is 4.72 Å². The quantitative estimate of drug-likeness (QED) is 0.802. The topological polar surface area (TPSA) is 79.6 Å². The van der Waals surface area contributed by atoms with E-state index in [1.54, 1.807) is 41.3 Å². The Hall–Kier alpha value is -2.38. The maximum atomic E-state index is 12.2. The van der Waals surface area contributed by atoms with Crippen molar-refractivity contribution in [3.63, 3.8) is 0 Å². The number of carbonyl (C=O) groups is 1. The fourth-order valence-electron chi connectivity index (χ4n) is 2.62. The normalized spacial score (nSPS) is 15.1. The molecule has 0 spiro atoms. The van der Waals surface area contributed by atoms with Gasteiger partial charge < -0.3 is 9.32 Å². The fraction of sp³-hybridized carbons (Fsp3) is 0.278. The Bertz CT molecular complexity index is 850. The highest BCUT2D eigenvalue weighted by Crippen LogP contribution is 2.13. The van der Waals surface area contributed by atoms with Crippen molar-refractivity contribution in [3.8, 4) is 0 Å². The number of amides is 1. The van der Waals surface area contributed by atoms with Gasteiger partial charge in [0.2, 0.25) is 15.9 Å². The van der Waals surface area contributed by atoms with E-state index < -0.39 is 10.0 Å². The maximum Gasteiger partial charge on any atom is 0.246 e. The largest absolute Gasteiger partial charge is 0.460 e. The fourth-order valence-corrected chi connectivity index (χ4v) is 3.64. The van der Waals surface area contributed by atoms with Crippen LogP contribution in [0.25, 0.3) is 6.08 Å². The second kappa shape index (κ2) is 7.67. The van der Waals surface area contributed by atoms with Crippen LogP contribution < -0.4 is 4.72 Å². The minimum atomic E-state index is -3.57. The average molecular weight is 360 g/mol. The molecule has 7 heteroatoms. The summed E-state index contributed by atoms with van der Waals surface area (Å²) >= 11 is 0. The molecule has 1 aliphatic heterocycles. The van der Waals surface area contributed by atoms with Crippen LogP contribution in [0.5, 0.6) is 0 Å². The molecule has 0 radical (unpaired) electrons. The van der Waals surface area contributed by atoms with Crippen molar-refractivity contribution >= 4 is 22.0 Å². The molecule has 25 heavy (non-hydrogen) atoms. The molecule has 1 N–H and O–H groups in total. The predicted molar refractivity (Wildman–Crippen MR) is 94.0 cm³/mol. The Kier molecular flexibility index (Phi) is 5.35. The number of benzene rings is 1. The van der Waals surface area contributed by atoms with Crippen molar-refractivity contribution in [1.29, 1.82) is 0 Å². The number of hydrogen-bond donors (Lipinski definition) is 1. The third-order valence-corrected chi connectivity index (χ3v) is 5.40. The van der Waals surface area contributed by atoms with Crippen LogP contribution in [0.3, 0.4) is 0 Å². The van der Waals surface area contributed by atoms with E-state index in [4.69, 9.17) is 4.42 Å². The van der Waals surface area contributed by atoms with Crippen LogP contribution >= 0.6 is 0 Å². The van der Waals surface area contributed by atoms with Gasteiger partial charge in [-0.05, 0) is 43.2 Å². The minimum absolute atomic E-state index is 0.0276. The molecular formula is C18H20N2O4S. The highest BCUT2D eigenvalue weighted by molar-refractivity contribution is 7.89. The van der Waals surface area contributed by atoms with E-state index >= 15 is 0 Å². The number of carbonyl (C=O) groups excluding carboxylic acids is 1. The molecule has 1 aromatic carbocycles. The van der Waals surface area contributed by atoms with Crippen LogP contribution in [0.1, 0.15) is 24.4 Å². The number of nitrogens with zero attached hydrogens (tertiary/aromatic N) is 1. The first kappa shape index (κ1) is 17.4. The molecule has 0 saturated carbocycles. The number of furan rings is 1. The van der Waals surface area contributed by atoms with E-state index in [9.17, 15) is 13.2 Å². The molecule has 1 aliphatic rings. The monoisotopic (exact) mass is 360 g/mol. The number of hydrogen-bond acceptors (Lipinski definition) is 4. The van der Waals surface area contributed by atoms with Crippen molar-refractivity contribution in [2.75, 3.05) is 13.1 Å². The molecule has 132 valence electrons. The number of sulfonamides is 1. The lowest BCUT2D eigenvalue weighted by molar-refractivity contribution is -0.124. The van der Waals surface area contributed by atoms with Crippen LogP contribution in [0.15, 0.2) is 57.9 Å². The molecule has 6 nitrogen and oxygen atoms in total. The molecule has 0 unspecified atom stereocenters. The third kappa shape index (κ3) is 4.58. The van der Waals surface area contributed by atoms with Crippen molar-refractivity contribution in [1.82, 2.24) is 9.62 Å². The summed E-state index contributed by atoms with van der Waals surface area (Å²) < 4.78 is 32.4. The molecule has 0 bridgehead atoms.